The average Bonchev–Trinajstić information content (AvgIpc) is 2.70. The van der Waals surface area contributed by atoms with Crippen molar-refractivity contribution in [3.05, 3.63) is 71.8 Å². The van der Waals surface area contributed by atoms with Crippen LogP contribution in [0.5, 0.6) is 0 Å². The van der Waals surface area contributed by atoms with Crippen LogP contribution in [0.3, 0.4) is 0 Å². The second-order valence-electron chi connectivity index (χ2n) is 7.02. The van der Waals surface area contributed by atoms with Gasteiger partial charge in [0.15, 0.2) is 0 Å². The highest BCUT2D eigenvalue weighted by molar-refractivity contribution is 5.94. The first-order valence-electron chi connectivity index (χ1n) is 9.53. The molecular weight excluding hydrogens is 324 g/mol. The number of rotatable bonds is 7. The molecule has 2 aromatic rings. The van der Waals surface area contributed by atoms with Gasteiger partial charge in [-0.1, -0.05) is 48.5 Å². The van der Waals surface area contributed by atoms with Crippen LogP contribution in [0.1, 0.15) is 47.7 Å². The maximum Gasteiger partial charge on any atom is 0.251 e. The van der Waals surface area contributed by atoms with Crippen molar-refractivity contribution in [1.82, 2.24) is 10.2 Å². The van der Waals surface area contributed by atoms with Crippen LogP contribution in [0.25, 0.3) is 0 Å². The van der Waals surface area contributed by atoms with Crippen molar-refractivity contribution >= 4 is 5.91 Å². The summed E-state index contributed by atoms with van der Waals surface area (Å²) in [6.07, 6.45) is 3.37. The predicted octanol–water partition coefficient (Wildman–Crippen LogP) is 3.39. The van der Waals surface area contributed by atoms with Gasteiger partial charge in [0.25, 0.3) is 5.91 Å². The van der Waals surface area contributed by atoms with E-state index in [0.29, 0.717) is 0 Å². The summed E-state index contributed by atoms with van der Waals surface area (Å²) in [7, 11) is 0. The fourth-order valence-electron chi connectivity index (χ4n) is 3.51. The lowest BCUT2D eigenvalue weighted by atomic mass is 10.0. The molecule has 4 nitrogen and oxygen atoms in total. The van der Waals surface area contributed by atoms with E-state index < -0.39 is 0 Å². The Bertz CT molecular complexity index is 667. The Morgan fingerprint density at radius 3 is 2.31 bits per heavy atom. The van der Waals surface area contributed by atoms with Gasteiger partial charge in [0, 0.05) is 24.7 Å². The number of piperidine rings is 1. The lowest BCUT2D eigenvalue weighted by Gasteiger charge is -2.32. The molecule has 0 spiro atoms. The third-order valence-corrected chi connectivity index (χ3v) is 5.10. The Labute approximate surface area is 155 Å². The van der Waals surface area contributed by atoms with Gasteiger partial charge in [-0.25, -0.2) is 0 Å². The zero-order valence-corrected chi connectivity index (χ0v) is 15.2. The number of amides is 1. The molecular formula is C22H28N2O2. The first-order valence-corrected chi connectivity index (χ1v) is 9.53. The fourth-order valence-corrected chi connectivity index (χ4v) is 3.51. The monoisotopic (exact) mass is 352 g/mol. The molecule has 3 rings (SSSR count). The molecule has 138 valence electrons. The van der Waals surface area contributed by atoms with Gasteiger partial charge in [0.1, 0.15) is 0 Å². The SMILES string of the molecule is O=C(NC1CCN(CCCC(O)c2ccccc2)CC1)c1ccccc1. The van der Waals surface area contributed by atoms with Crippen LogP contribution >= 0.6 is 0 Å². The van der Waals surface area contributed by atoms with Crippen molar-refractivity contribution < 1.29 is 9.90 Å². The molecule has 2 aromatic carbocycles. The number of benzene rings is 2. The van der Waals surface area contributed by atoms with Crippen molar-refractivity contribution in [3.8, 4) is 0 Å². The second kappa shape index (κ2) is 9.51. The first kappa shape index (κ1) is 18.6. The number of aliphatic hydroxyl groups excluding tert-OH is 1. The summed E-state index contributed by atoms with van der Waals surface area (Å²) < 4.78 is 0. The second-order valence-corrected chi connectivity index (χ2v) is 7.02. The van der Waals surface area contributed by atoms with E-state index in [0.717, 1.165) is 56.4 Å². The molecule has 1 aliphatic rings. The van der Waals surface area contributed by atoms with E-state index >= 15 is 0 Å². The molecule has 0 aliphatic carbocycles. The molecule has 1 saturated heterocycles. The maximum atomic E-state index is 12.2. The van der Waals surface area contributed by atoms with Crippen LogP contribution in [-0.4, -0.2) is 41.6 Å². The number of nitrogens with one attached hydrogen (secondary N) is 1. The van der Waals surface area contributed by atoms with Crippen LogP contribution in [0.2, 0.25) is 0 Å². The molecule has 2 N–H and O–H groups in total. The van der Waals surface area contributed by atoms with Gasteiger partial charge >= 0.3 is 0 Å². The Morgan fingerprint density at radius 2 is 1.65 bits per heavy atom. The summed E-state index contributed by atoms with van der Waals surface area (Å²) in [6.45, 7) is 3.01. The van der Waals surface area contributed by atoms with Crippen molar-refractivity contribution in [2.24, 2.45) is 0 Å². The van der Waals surface area contributed by atoms with E-state index in [4.69, 9.17) is 0 Å². The van der Waals surface area contributed by atoms with Crippen LogP contribution in [0, 0.1) is 0 Å². The molecule has 0 aromatic heterocycles. The number of hydrogen-bond donors (Lipinski definition) is 2. The van der Waals surface area contributed by atoms with Gasteiger partial charge in [-0.15, -0.1) is 0 Å². The largest absolute Gasteiger partial charge is 0.388 e. The molecule has 0 saturated carbocycles. The lowest BCUT2D eigenvalue weighted by molar-refractivity contribution is 0.0907. The van der Waals surface area contributed by atoms with Crippen molar-refractivity contribution in [3.63, 3.8) is 0 Å². The topological polar surface area (TPSA) is 52.6 Å². The quantitative estimate of drug-likeness (QED) is 0.803. The van der Waals surface area contributed by atoms with Gasteiger partial charge in [0.05, 0.1) is 6.10 Å². The lowest BCUT2D eigenvalue weighted by Crippen LogP contribution is -2.44. The number of carbonyl (C=O) groups is 1. The highest BCUT2D eigenvalue weighted by Gasteiger charge is 2.21. The van der Waals surface area contributed by atoms with Gasteiger partial charge in [-0.3, -0.25) is 4.79 Å². The Morgan fingerprint density at radius 1 is 1.04 bits per heavy atom. The molecule has 0 radical (unpaired) electrons. The summed E-state index contributed by atoms with van der Waals surface area (Å²) >= 11 is 0. The minimum atomic E-state index is -0.376. The van der Waals surface area contributed by atoms with Crippen LogP contribution in [0.15, 0.2) is 60.7 Å². The van der Waals surface area contributed by atoms with Crippen LogP contribution in [-0.2, 0) is 0 Å². The number of hydrogen-bond acceptors (Lipinski definition) is 3. The van der Waals surface area contributed by atoms with Gasteiger partial charge in [0.2, 0.25) is 0 Å². The Hall–Kier alpha value is -2.17. The molecule has 1 amide bonds. The molecule has 1 unspecified atom stereocenters. The molecule has 0 bridgehead atoms. The number of likely N-dealkylation sites (tertiary alicyclic amines) is 1. The van der Waals surface area contributed by atoms with Crippen LogP contribution < -0.4 is 5.32 Å². The molecule has 1 fully saturated rings. The normalized spacial score (nSPS) is 17.0. The average molecular weight is 352 g/mol. The third kappa shape index (κ3) is 5.41. The van der Waals surface area contributed by atoms with E-state index in [2.05, 4.69) is 10.2 Å². The van der Waals surface area contributed by atoms with E-state index in [1.165, 1.54) is 0 Å². The van der Waals surface area contributed by atoms with E-state index in [-0.39, 0.29) is 18.1 Å². The maximum absolute atomic E-state index is 12.2. The summed E-state index contributed by atoms with van der Waals surface area (Å²) in [4.78, 5) is 14.7. The Balaban J connectivity index is 1.34. The summed E-state index contributed by atoms with van der Waals surface area (Å²) in [5, 5.41) is 13.4. The van der Waals surface area contributed by atoms with Gasteiger partial charge in [-0.2, -0.15) is 0 Å². The van der Waals surface area contributed by atoms with Gasteiger partial charge in [-0.05, 0) is 49.9 Å². The molecule has 1 aliphatic heterocycles. The Kier molecular flexibility index (Phi) is 6.81. The molecule has 26 heavy (non-hydrogen) atoms. The minimum Gasteiger partial charge on any atom is -0.388 e. The summed E-state index contributed by atoms with van der Waals surface area (Å²) in [5.41, 5.74) is 1.72. The van der Waals surface area contributed by atoms with Crippen molar-refractivity contribution in [1.29, 1.82) is 0 Å². The van der Waals surface area contributed by atoms with Crippen molar-refractivity contribution in [2.45, 2.75) is 37.8 Å². The standard InChI is InChI=1S/C22H28N2O2/c25-21(18-8-3-1-4-9-18)12-7-15-24-16-13-20(14-17-24)23-22(26)19-10-5-2-6-11-19/h1-6,8-11,20-21,25H,7,12-17H2,(H,23,26). The highest BCUT2D eigenvalue weighted by atomic mass is 16.3. The van der Waals surface area contributed by atoms with Crippen molar-refractivity contribution in [2.75, 3.05) is 19.6 Å². The summed E-state index contributed by atoms with van der Waals surface area (Å²) in [6, 6.07) is 19.5. The molecule has 1 atom stereocenters. The molecule has 4 heteroatoms. The number of aliphatic hydroxyl groups is 1. The third-order valence-electron chi connectivity index (χ3n) is 5.10. The van der Waals surface area contributed by atoms with E-state index in [1.807, 2.05) is 60.7 Å². The fraction of sp³-hybridized carbons (Fsp3) is 0.409. The van der Waals surface area contributed by atoms with E-state index in [9.17, 15) is 9.90 Å². The summed E-state index contributed by atoms with van der Waals surface area (Å²) in [5.74, 6) is 0.0232. The smallest absolute Gasteiger partial charge is 0.251 e. The van der Waals surface area contributed by atoms with E-state index in [1.54, 1.807) is 0 Å². The zero-order chi connectivity index (χ0) is 18.2. The number of carbonyl (C=O) groups excluding carboxylic acids is 1. The molecule has 1 heterocycles. The first-order chi connectivity index (χ1) is 12.7. The van der Waals surface area contributed by atoms with Gasteiger partial charge < -0.3 is 15.3 Å². The zero-order valence-electron chi connectivity index (χ0n) is 15.2. The minimum absolute atomic E-state index is 0.0232. The predicted molar refractivity (Wildman–Crippen MR) is 104 cm³/mol. The highest BCUT2D eigenvalue weighted by Crippen LogP contribution is 2.19. The number of nitrogens with zero attached hydrogens (tertiary/aromatic N) is 1. The van der Waals surface area contributed by atoms with Crippen LogP contribution in [0.4, 0.5) is 0 Å².